The summed E-state index contributed by atoms with van der Waals surface area (Å²) in [4.78, 5) is 17.5. The summed E-state index contributed by atoms with van der Waals surface area (Å²) in [5.74, 6) is 0.889. The number of carbonyl (C=O) groups is 1. The maximum atomic E-state index is 11.8. The topological polar surface area (TPSA) is 67.7 Å². The number of amides is 1. The minimum Gasteiger partial charge on any atom is -0.497 e. The first kappa shape index (κ1) is 18.2. The van der Waals surface area contributed by atoms with Gasteiger partial charge in [0.05, 0.1) is 14.2 Å². The van der Waals surface area contributed by atoms with E-state index in [4.69, 9.17) is 4.74 Å². The van der Waals surface area contributed by atoms with E-state index in [1.54, 1.807) is 18.4 Å². The van der Waals surface area contributed by atoms with Crippen molar-refractivity contribution in [3.63, 3.8) is 0 Å². The minimum absolute atomic E-state index is 0.0642. The van der Waals surface area contributed by atoms with Gasteiger partial charge in [0, 0.05) is 17.1 Å². The number of ether oxygens (including phenoxy) is 1. The van der Waals surface area contributed by atoms with Crippen molar-refractivity contribution < 1.29 is 14.4 Å². The zero-order valence-corrected chi connectivity index (χ0v) is 15.4. The molecular formula is C17H25N4O2S+. The van der Waals surface area contributed by atoms with Crippen LogP contribution in [0.15, 0.2) is 29.6 Å². The molecule has 0 spiro atoms. The second-order valence-electron chi connectivity index (χ2n) is 6.03. The number of hydrogen-bond acceptors (Lipinski definition) is 5. The molecule has 1 heterocycles. The van der Waals surface area contributed by atoms with Crippen molar-refractivity contribution >= 4 is 28.1 Å². The Balaban J connectivity index is 1.86. The van der Waals surface area contributed by atoms with Crippen LogP contribution in [0.3, 0.4) is 0 Å². The highest BCUT2D eigenvalue weighted by molar-refractivity contribution is 7.13. The molecule has 24 heavy (non-hydrogen) atoms. The normalized spacial score (nSPS) is 12.0. The lowest BCUT2D eigenvalue weighted by molar-refractivity contribution is -0.885. The highest BCUT2D eigenvalue weighted by Crippen LogP contribution is 2.22. The molecular weight excluding hydrogens is 324 g/mol. The molecule has 1 unspecified atom stereocenters. The third kappa shape index (κ3) is 5.82. The SMILES string of the molecule is COc1ccc(Nc2nc(C[NH+](C)CC(=O)NC(C)C)cs2)cc1. The van der Waals surface area contributed by atoms with Crippen LogP contribution in [-0.2, 0) is 11.3 Å². The lowest BCUT2D eigenvalue weighted by atomic mass is 10.3. The monoisotopic (exact) mass is 349 g/mol. The van der Waals surface area contributed by atoms with Crippen LogP contribution in [0.25, 0.3) is 0 Å². The minimum atomic E-state index is 0.0642. The molecule has 0 radical (unpaired) electrons. The van der Waals surface area contributed by atoms with Gasteiger partial charge in [0.25, 0.3) is 5.91 Å². The van der Waals surface area contributed by atoms with Crippen molar-refractivity contribution in [2.24, 2.45) is 0 Å². The van der Waals surface area contributed by atoms with Crippen molar-refractivity contribution in [1.29, 1.82) is 0 Å². The second kappa shape index (κ2) is 8.65. The molecule has 0 fully saturated rings. The van der Waals surface area contributed by atoms with E-state index >= 15 is 0 Å². The van der Waals surface area contributed by atoms with E-state index in [1.807, 2.05) is 50.5 Å². The molecule has 2 rings (SSSR count). The molecule has 1 aromatic carbocycles. The third-order valence-electron chi connectivity index (χ3n) is 3.29. The van der Waals surface area contributed by atoms with Gasteiger partial charge in [-0.15, -0.1) is 11.3 Å². The van der Waals surface area contributed by atoms with Gasteiger partial charge >= 0.3 is 0 Å². The Bertz CT molecular complexity index is 655. The average Bonchev–Trinajstić information content (AvgIpc) is 2.93. The van der Waals surface area contributed by atoms with E-state index in [2.05, 4.69) is 15.6 Å². The van der Waals surface area contributed by atoms with Crippen LogP contribution in [0.1, 0.15) is 19.5 Å². The number of methoxy groups -OCH3 is 1. The molecule has 3 N–H and O–H groups in total. The summed E-state index contributed by atoms with van der Waals surface area (Å²) >= 11 is 1.56. The summed E-state index contributed by atoms with van der Waals surface area (Å²) in [6.07, 6.45) is 0. The number of rotatable bonds is 8. The molecule has 1 atom stereocenters. The highest BCUT2D eigenvalue weighted by Gasteiger charge is 2.13. The molecule has 0 aliphatic carbocycles. The van der Waals surface area contributed by atoms with Gasteiger partial charge in [-0.2, -0.15) is 0 Å². The van der Waals surface area contributed by atoms with Gasteiger partial charge in [0.15, 0.2) is 11.7 Å². The molecule has 1 aromatic heterocycles. The van der Waals surface area contributed by atoms with E-state index in [0.717, 1.165) is 27.2 Å². The van der Waals surface area contributed by atoms with Crippen LogP contribution >= 0.6 is 11.3 Å². The molecule has 0 aliphatic rings. The maximum Gasteiger partial charge on any atom is 0.275 e. The Morgan fingerprint density at radius 2 is 2.04 bits per heavy atom. The Hall–Kier alpha value is -2.12. The van der Waals surface area contributed by atoms with Gasteiger partial charge in [-0.1, -0.05) is 0 Å². The Morgan fingerprint density at radius 3 is 2.67 bits per heavy atom. The number of likely N-dealkylation sites (N-methyl/N-ethyl adjacent to an activating group) is 1. The van der Waals surface area contributed by atoms with Crippen molar-refractivity contribution in [3.8, 4) is 5.75 Å². The van der Waals surface area contributed by atoms with Gasteiger partial charge in [-0.05, 0) is 38.1 Å². The predicted octanol–water partition coefficient (Wildman–Crippen LogP) is 1.43. The first-order valence-electron chi connectivity index (χ1n) is 7.92. The van der Waals surface area contributed by atoms with Crippen molar-refractivity contribution in [1.82, 2.24) is 10.3 Å². The lowest BCUT2D eigenvalue weighted by Gasteiger charge is -2.13. The van der Waals surface area contributed by atoms with Gasteiger partial charge in [0.1, 0.15) is 18.0 Å². The third-order valence-corrected chi connectivity index (χ3v) is 4.09. The van der Waals surface area contributed by atoms with Crippen LogP contribution in [-0.4, -0.2) is 37.6 Å². The molecule has 0 bridgehead atoms. The number of benzene rings is 1. The average molecular weight is 349 g/mol. The first-order valence-corrected chi connectivity index (χ1v) is 8.80. The van der Waals surface area contributed by atoms with Gasteiger partial charge in [-0.3, -0.25) is 4.79 Å². The van der Waals surface area contributed by atoms with Crippen molar-refractivity contribution in [2.75, 3.05) is 26.0 Å². The largest absolute Gasteiger partial charge is 0.497 e. The number of thiazole rings is 1. The number of aromatic nitrogens is 1. The molecule has 0 saturated carbocycles. The molecule has 2 aromatic rings. The van der Waals surface area contributed by atoms with E-state index in [1.165, 1.54) is 0 Å². The molecule has 130 valence electrons. The number of nitrogens with one attached hydrogen (secondary N) is 3. The van der Waals surface area contributed by atoms with E-state index in [-0.39, 0.29) is 11.9 Å². The zero-order valence-electron chi connectivity index (χ0n) is 14.6. The summed E-state index contributed by atoms with van der Waals surface area (Å²) in [6.45, 7) is 5.08. The van der Waals surface area contributed by atoms with Gasteiger partial charge in [0.2, 0.25) is 0 Å². The summed E-state index contributed by atoms with van der Waals surface area (Å²) < 4.78 is 5.15. The Kier molecular flexibility index (Phi) is 6.57. The molecule has 6 nitrogen and oxygen atoms in total. The van der Waals surface area contributed by atoms with Gasteiger partial charge in [-0.25, -0.2) is 4.98 Å². The zero-order chi connectivity index (χ0) is 17.5. The molecule has 0 aliphatic heterocycles. The van der Waals surface area contributed by atoms with E-state index in [0.29, 0.717) is 13.1 Å². The smallest absolute Gasteiger partial charge is 0.275 e. The van der Waals surface area contributed by atoms with Crippen LogP contribution in [0.2, 0.25) is 0 Å². The standard InChI is InChI=1S/C17H24N4O2S/c1-12(2)18-16(22)10-21(3)9-14-11-24-17(20-14)19-13-5-7-15(23-4)8-6-13/h5-8,11-12H,9-10H2,1-4H3,(H,18,22)(H,19,20)/p+1. The fourth-order valence-corrected chi connectivity index (χ4v) is 2.99. The second-order valence-corrected chi connectivity index (χ2v) is 6.89. The first-order chi connectivity index (χ1) is 11.5. The highest BCUT2D eigenvalue weighted by atomic mass is 32.1. The predicted molar refractivity (Wildman–Crippen MR) is 97.1 cm³/mol. The maximum absolute atomic E-state index is 11.8. The lowest BCUT2D eigenvalue weighted by Crippen LogP contribution is -3.09. The van der Waals surface area contributed by atoms with E-state index in [9.17, 15) is 4.79 Å². The number of carbonyl (C=O) groups excluding carboxylic acids is 1. The molecule has 0 saturated heterocycles. The fraction of sp³-hybridized carbons (Fsp3) is 0.412. The number of nitrogens with zero attached hydrogens (tertiary/aromatic N) is 1. The number of hydrogen-bond donors (Lipinski definition) is 3. The van der Waals surface area contributed by atoms with Crippen molar-refractivity contribution in [2.45, 2.75) is 26.4 Å². The van der Waals surface area contributed by atoms with E-state index < -0.39 is 0 Å². The van der Waals surface area contributed by atoms with Crippen molar-refractivity contribution in [3.05, 3.63) is 35.3 Å². The molecule has 1 amide bonds. The number of anilines is 2. The van der Waals surface area contributed by atoms with Crippen LogP contribution in [0, 0.1) is 0 Å². The Labute approximate surface area is 146 Å². The summed E-state index contributed by atoms with van der Waals surface area (Å²) in [5, 5.41) is 9.05. The van der Waals surface area contributed by atoms with Gasteiger partial charge < -0.3 is 20.3 Å². The Morgan fingerprint density at radius 1 is 1.33 bits per heavy atom. The molecule has 7 heteroatoms. The summed E-state index contributed by atoms with van der Waals surface area (Å²) in [5.41, 5.74) is 1.94. The fourth-order valence-electron chi connectivity index (χ4n) is 2.26. The van der Waals surface area contributed by atoms with Crippen LogP contribution in [0.4, 0.5) is 10.8 Å². The quantitative estimate of drug-likeness (QED) is 0.675. The summed E-state index contributed by atoms with van der Waals surface area (Å²) in [6, 6.07) is 7.88. The number of quaternary nitrogens is 1. The summed E-state index contributed by atoms with van der Waals surface area (Å²) in [7, 11) is 3.64. The van der Waals surface area contributed by atoms with Crippen LogP contribution < -0.4 is 20.3 Å². The van der Waals surface area contributed by atoms with Crippen LogP contribution in [0.5, 0.6) is 5.75 Å².